The van der Waals surface area contributed by atoms with Gasteiger partial charge in [0.1, 0.15) is 30.1 Å². The van der Waals surface area contributed by atoms with E-state index in [1.54, 1.807) is 30.3 Å². The van der Waals surface area contributed by atoms with Crippen molar-refractivity contribution in [2.45, 2.75) is 37.6 Å². The van der Waals surface area contributed by atoms with Gasteiger partial charge in [-0.15, -0.1) is 0 Å². The fourth-order valence-corrected chi connectivity index (χ4v) is 2.65. The number of aliphatic hydroxyl groups is 2. The molecule has 1 aliphatic rings. The van der Waals surface area contributed by atoms with E-state index in [1.165, 1.54) is 6.92 Å². The number of hydrogen-bond donors (Lipinski definition) is 4. The van der Waals surface area contributed by atoms with E-state index in [0.29, 0.717) is 5.75 Å². The van der Waals surface area contributed by atoms with Crippen molar-refractivity contribution in [1.29, 1.82) is 0 Å². The van der Waals surface area contributed by atoms with E-state index in [4.69, 9.17) is 14.0 Å². The Morgan fingerprint density at radius 1 is 1.24 bits per heavy atom. The largest absolute Gasteiger partial charge is 0.463 e. The lowest BCUT2D eigenvalue weighted by molar-refractivity contribution is -0.242. The standard InChI is InChI=1S/C14H19NO9S/c1-8(16)15-11-13(18)12(17)10(7-22-25(19,20)21)24-14(11)23-9-5-3-2-4-6-9/h2-6,10-14,17-18H,7H2,1H3,(H,15,16)(H,19,20,21)/t10?,11-,12-,13+,14?/m0/s1. The number of hydrogen-bond acceptors (Lipinski definition) is 8. The third kappa shape index (κ3) is 5.63. The van der Waals surface area contributed by atoms with Gasteiger partial charge < -0.3 is 25.0 Å². The second kappa shape index (κ2) is 8.08. The summed E-state index contributed by atoms with van der Waals surface area (Å²) in [4.78, 5) is 11.3. The monoisotopic (exact) mass is 377 g/mol. The SMILES string of the molecule is CC(=O)N[C@@H]1C(Oc2ccccc2)OC(COS(=O)(=O)O)[C@H](O)[C@@H]1O. The van der Waals surface area contributed by atoms with Gasteiger partial charge in [0.2, 0.25) is 12.2 Å². The minimum Gasteiger partial charge on any atom is -0.463 e. The summed E-state index contributed by atoms with van der Waals surface area (Å²) in [5.41, 5.74) is 0. The number of rotatable bonds is 6. The van der Waals surface area contributed by atoms with E-state index < -0.39 is 53.6 Å². The third-order valence-corrected chi connectivity index (χ3v) is 3.88. The summed E-state index contributed by atoms with van der Waals surface area (Å²) in [6, 6.07) is 7.23. The van der Waals surface area contributed by atoms with Crippen LogP contribution in [-0.2, 0) is 24.1 Å². The van der Waals surface area contributed by atoms with Gasteiger partial charge in [0.05, 0.1) is 6.61 Å². The van der Waals surface area contributed by atoms with Gasteiger partial charge in [-0.1, -0.05) is 18.2 Å². The molecule has 0 bridgehead atoms. The van der Waals surface area contributed by atoms with E-state index in [9.17, 15) is 23.4 Å². The average Bonchev–Trinajstić information content (AvgIpc) is 2.53. The van der Waals surface area contributed by atoms with Crippen molar-refractivity contribution in [3.63, 3.8) is 0 Å². The van der Waals surface area contributed by atoms with Gasteiger partial charge in [-0.3, -0.25) is 9.35 Å². The Balaban J connectivity index is 2.18. The molecule has 1 saturated heterocycles. The van der Waals surface area contributed by atoms with Crippen molar-refractivity contribution in [3.8, 4) is 5.75 Å². The van der Waals surface area contributed by atoms with Crippen LogP contribution in [0.1, 0.15) is 6.92 Å². The van der Waals surface area contributed by atoms with E-state index in [1.807, 2.05) is 0 Å². The first-order valence-corrected chi connectivity index (χ1v) is 8.66. The molecule has 4 N–H and O–H groups in total. The summed E-state index contributed by atoms with van der Waals surface area (Å²) in [7, 11) is -4.76. The van der Waals surface area contributed by atoms with Crippen LogP contribution in [0.3, 0.4) is 0 Å². The zero-order valence-corrected chi connectivity index (χ0v) is 14.0. The molecule has 0 radical (unpaired) electrons. The Bertz CT molecular complexity index is 681. The van der Waals surface area contributed by atoms with Crippen molar-refractivity contribution in [3.05, 3.63) is 30.3 Å². The van der Waals surface area contributed by atoms with Gasteiger partial charge in [0.15, 0.2) is 0 Å². The number of aliphatic hydroxyl groups excluding tert-OH is 2. The van der Waals surface area contributed by atoms with Crippen LogP contribution >= 0.6 is 0 Å². The second-order valence-electron chi connectivity index (χ2n) is 5.39. The second-order valence-corrected chi connectivity index (χ2v) is 6.48. The summed E-state index contributed by atoms with van der Waals surface area (Å²) in [5.74, 6) is -0.130. The lowest BCUT2D eigenvalue weighted by Gasteiger charge is -2.42. The van der Waals surface area contributed by atoms with Gasteiger partial charge in [0, 0.05) is 6.92 Å². The number of amides is 1. The predicted molar refractivity (Wildman–Crippen MR) is 82.8 cm³/mol. The molecule has 0 spiro atoms. The van der Waals surface area contributed by atoms with Crippen LogP contribution in [0.2, 0.25) is 0 Å². The first-order valence-electron chi connectivity index (χ1n) is 7.29. The molecule has 1 heterocycles. The molecular formula is C14H19NO9S. The quantitative estimate of drug-likeness (QED) is 0.450. The third-order valence-electron chi connectivity index (χ3n) is 3.45. The van der Waals surface area contributed by atoms with Gasteiger partial charge in [-0.2, -0.15) is 8.42 Å². The topological polar surface area (TPSA) is 152 Å². The van der Waals surface area contributed by atoms with Crippen LogP contribution in [0.15, 0.2) is 30.3 Å². The maximum atomic E-state index is 11.3. The number of ether oxygens (including phenoxy) is 2. The summed E-state index contributed by atoms with van der Waals surface area (Å²) in [6.07, 6.45) is -5.68. The smallest absolute Gasteiger partial charge is 0.397 e. The highest BCUT2D eigenvalue weighted by Crippen LogP contribution is 2.25. The van der Waals surface area contributed by atoms with Crippen molar-refractivity contribution >= 4 is 16.3 Å². The van der Waals surface area contributed by atoms with E-state index in [0.717, 1.165) is 0 Å². The molecule has 1 aromatic carbocycles. The Morgan fingerprint density at radius 2 is 1.88 bits per heavy atom. The Labute approximate surface area is 144 Å². The number of para-hydroxylation sites is 1. The highest BCUT2D eigenvalue weighted by Gasteiger charge is 2.46. The molecular weight excluding hydrogens is 358 g/mol. The van der Waals surface area contributed by atoms with E-state index in [-0.39, 0.29) is 0 Å². The Hall–Kier alpha value is -1.76. The molecule has 11 heteroatoms. The number of benzene rings is 1. The Morgan fingerprint density at radius 3 is 2.44 bits per heavy atom. The molecule has 0 saturated carbocycles. The summed E-state index contributed by atoms with van der Waals surface area (Å²) in [6.45, 7) is 0.463. The summed E-state index contributed by atoms with van der Waals surface area (Å²) in [5, 5.41) is 22.7. The fourth-order valence-electron chi connectivity index (χ4n) is 2.34. The van der Waals surface area contributed by atoms with Gasteiger partial charge >= 0.3 is 10.4 Å². The van der Waals surface area contributed by atoms with Gasteiger partial charge in [0.25, 0.3) is 0 Å². The summed E-state index contributed by atoms with van der Waals surface area (Å²) < 4.78 is 45.2. The first kappa shape index (κ1) is 19.6. The van der Waals surface area contributed by atoms with Crippen molar-refractivity contribution in [2.75, 3.05) is 6.61 Å². The number of nitrogens with one attached hydrogen (secondary N) is 1. The fraction of sp³-hybridized carbons (Fsp3) is 0.500. The average molecular weight is 377 g/mol. The zero-order chi connectivity index (χ0) is 18.6. The normalized spacial score (nSPS) is 29.8. The molecule has 5 atom stereocenters. The minimum absolute atomic E-state index is 0.362. The van der Waals surface area contributed by atoms with E-state index in [2.05, 4.69) is 9.50 Å². The van der Waals surface area contributed by atoms with Crippen LogP contribution in [0.5, 0.6) is 5.75 Å². The molecule has 1 aliphatic heterocycles. The maximum absolute atomic E-state index is 11.3. The first-order chi connectivity index (χ1) is 11.7. The Kier molecular flexibility index (Phi) is 6.32. The summed E-state index contributed by atoms with van der Waals surface area (Å²) >= 11 is 0. The van der Waals surface area contributed by atoms with Crippen molar-refractivity contribution in [1.82, 2.24) is 5.32 Å². The minimum atomic E-state index is -4.76. The van der Waals surface area contributed by atoms with Gasteiger partial charge in [-0.05, 0) is 12.1 Å². The molecule has 10 nitrogen and oxygen atoms in total. The molecule has 0 aromatic heterocycles. The van der Waals surface area contributed by atoms with Gasteiger partial charge in [-0.25, -0.2) is 4.18 Å². The van der Waals surface area contributed by atoms with Crippen molar-refractivity contribution < 1.29 is 41.6 Å². The molecule has 25 heavy (non-hydrogen) atoms. The van der Waals surface area contributed by atoms with Crippen LogP contribution in [-0.4, -0.2) is 66.3 Å². The zero-order valence-electron chi connectivity index (χ0n) is 13.2. The molecule has 2 unspecified atom stereocenters. The van der Waals surface area contributed by atoms with Crippen LogP contribution in [0, 0.1) is 0 Å². The molecule has 2 rings (SSSR count). The van der Waals surface area contributed by atoms with Crippen LogP contribution in [0.4, 0.5) is 0 Å². The highest BCUT2D eigenvalue weighted by molar-refractivity contribution is 7.80. The molecule has 0 aliphatic carbocycles. The molecule has 140 valence electrons. The number of carbonyl (C=O) groups is 1. The highest BCUT2D eigenvalue weighted by atomic mass is 32.3. The van der Waals surface area contributed by atoms with Crippen molar-refractivity contribution in [2.24, 2.45) is 0 Å². The maximum Gasteiger partial charge on any atom is 0.397 e. The number of carbonyl (C=O) groups excluding carboxylic acids is 1. The lowest BCUT2D eigenvalue weighted by Crippen LogP contribution is -2.65. The van der Waals surface area contributed by atoms with Crippen LogP contribution < -0.4 is 10.1 Å². The molecule has 1 fully saturated rings. The molecule has 1 aromatic rings. The van der Waals surface area contributed by atoms with E-state index >= 15 is 0 Å². The predicted octanol–water partition coefficient (Wildman–Crippen LogP) is -1.16. The lowest BCUT2D eigenvalue weighted by atomic mass is 9.97. The molecule has 1 amide bonds. The van der Waals surface area contributed by atoms with Crippen LogP contribution in [0.25, 0.3) is 0 Å².